The molecule has 1 heterocycles. The summed E-state index contributed by atoms with van der Waals surface area (Å²) in [6.45, 7) is 9.09. The second kappa shape index (κ2) is 7.17. The molecule has 6 heteroatoms. The number of aromatic nitrogens is 2. The number of aryl methyl sites for hydroxylation is 1. The van der Waals surface area contributed by atoms with Crippen LogP contribution in [0.2, 0.25) is 0 Å². The van der Waals surface area contributed by atoms with Gasteiger partial charge in [-0.1, -0.05) is 6.07 Å². The highest BCUT2D eigenvalue weighted by molar-refractivity contribution is 5.85. The number of carbonyl (C=O) groups excluding carboxylic acids is 1. The number of carbonyl (C=O) groups is 1. The molecule has 1 aromatic heterocycles. The molecule has 1 amide bonds. The molecule has 0 atom stereocenters. The predicted molar refractivity (Wildman–Crippen MR) is 91.5 cm³/mol. The predicted octanol–water partition coefficient (Wildman–Crippen LogP) is 3.86. The van der Waals surface area contributed by atoms with E-state index in [1.54, 1.807) is 6.20 Å². The minimum Gasteiger partial charge on any atom is -0.444 e. The zero-order valence-electron chi connectivity index (χ0n) is 14.1. The number of hydrogen-bond acceptors (Lipinski definition) is 4. The second-order valence-corrected chi connectivity index (χ2v) is 6.19. The SMILES string of the molecule is CCn1ccnc1CNc1cccc(NC(=O)OC(C)(C)C)c1. The van der Waals surface area contributed by atoms with Crippen LogP contribution in [0.1, 0.15) is 33.5 Å². The maximum Gasteiger partial charge on any atom is 0.412 e. The molecule has 2 N–H and O–H groups in total. The van der Waals surface area contributed by atoms with Gasteiger partial charge in [-0.3, -0.25) is 5.32 Å². The molecule has 0 bridgehead atoms. The maximum absolute atomic E-state index is 11.8. The lowest BCUT2D eigenvalue weighted by atomic mass is 10.2. The van der Waals surface area contributed by atoms with Gasteiger partial charge in [0.15, 0.2) is 0 Å². The van der Waals surface area contributed by atoms with E-state index in [1.165, 1.54) is 0 Å². The molecule has 0 fully saturated rings. The van der Waals surface area contributed by atoms with Gasteiger partial charge in [0, 0.05) is 30.3 Å². The third-order valence-corrected chi connectivity index (χ3v) is 3.10. The van der Waals surface area contributed by atoms with E-state index in [0.29, 0.717) is 12.2 Å². The van der Waals surface area contributed by atoms with Crippen LogP contribution in [0.4, 0.5) is 16.2 Å². The van der Waals surface area contributed by atoms with Crippen LogP contribution in [0.25, 0.3) is 0 Å². The molecule has 0 aliphatic heterocycles. The number of nitrogens with zero attached hydrogens (tertiary/aromatic N) is 2. The fourth-order valence-corrected chi connectivity index (χ4v) is 2.10. The first-order valence-corrected chi connectivity index (χ1v) is 7.71. The highest BCUT2D eigenvalue weighted by Crippen LogP contribution is 2.17. The lowest BCUT2D eigenvalue weighted by Gasteiger charge is -2.19. The molecular weight excluding hydrogens is 292 g/mol. The van der Waals surface area contributed by atoms with Gasteiger partial charge in [-0.15, -0.1) is 0 Å². The fourth-order valence-electron chi connectivity index (χ4n) is 2.10. The van der Waals surface area contributed by atoms with Gasteiger partial charge in [-0.2, -0.15) is 0 Å². The average Bonchev–Trinajstić information content (AvgIpc) is 2.90. The molecule has 2 rings (SSSR count). The molecular formula is C17H24N4O2. The van der Waals surface area contributed by atoms with Gasteiger partial charge < -0.3 is 14.6 Å². The first-order valence-electron chi connectivity index (χ1n) is 7.71. The highest BCUT2D eigenvalue weighted by Gasteiger charge is 2.16. The van der Waals surface area contributed by atoms with E-state index < -0.39 is 11.7 Å². The molecule has 0 aliphatic rings. The van der Waals surface area contributed by atoms with Crippen LogP contribution >= 0.6 is 0 Å². The van der Waals surface area contributed by atoms with E-state index >= 15 is 0 Å². The Kier molecular flexibility index (Phi) is 5.26. The van der Waals surface area contributed by atoms with E-state index in [4.69, 9.17) is 4.74 Å². The largest absolute Gasteiger partial charge is 0.444 e. The Balaban J connectivity index is 1.96. The second-order valence-electron chi connectivity index (χ2n) is 6.19. The molecule has 0 saturated carbocycles. The smallest absolute Gasteiger partial charge is 0.412 e. The van der Waals surface area contributed by atoms with E-state index in [1.807, 2.05) is 51.2 Å². The molecule has 1 aromatic carbocycles. The van der Waals surface area contributed by atoms with Crippen LogP contribution in [0, 0.1) is 0 Å². The van der Waals surface area contributed by atoms with Gasteiger partial charge in [0.1, 0.15) is 11.4 Å². The van der Waals surface area contributed by atoms with Crippen molar-refractivity contribution in [2.75, 3.05) is 10.6 Å². The third kappa shape index (κ3) is 5.32. The summed E-state index contributed by atoms with van der Waals surface area (Å²) in [5.74, 6) is 0.970. The van der Waals surface area contributed by atoms with Crippen molar-refractivity contribution in [1.82, 2.24) is 9.55 Å². The van der Waals surface area contributed by atoms with Crippen molar-refractivity contribution >= 4 is 17.5 Å². The van der Waals surface area contributed by atoms with E-state index in [2.05, 4.69) is 27.1 Å². The van der Waals surface area contributed by atoms with Gasteiger partial charge in [-0.05, 0) is 45.9 Å². The van der Waals surface area contributed by atoms with Gasteiger partial charge in [0.05, 0.1) is 6.54 Å². The molecule has 0 unspecified atom stereocenters. The minimum absolute atomic E-state index is 0.462. The number of benzene rings is 1. The fraction of sp³-hybridized carbons (Fsp3) is 0.412. The first-order chi connectivity index (χ1) is 10.9. The van der Waals surface area contributed by atoms with Crippen LogP contribution in [0.5, 0.6) is 0 Å². The lowest BCUT2D eigenvalue weighted by Crippen LogP contribution is -2.27. The summed E-state index contributed by atoms with van der Waals surface area (Å²) in [7, 11) is 0. The van der Waals surface area contributed by atoms with E-state index in [-0.39, 0.29) is 0 Å². The molecule has 0 radical (unpaired) electrons. The first kappa shape index (κ1) is 16.9. The Morgan fingerprint density at radius 1 is 1.30 bits per heavy atom. The van der Waals surface area contributed by atoms with Crippen molar-refractivity contribution in [3.8, 4) is 0 Å². The standard InChI is InChI=1S/C17H24N4O2/c1-5-21-10-9-18-15(21)12-19-13-7-6-8-14(11-13)20-16(22)23-17(2,3)4/h6-11,19H,5,12H2,1-4H3,(H,20,22). The Labute approximate surface area is 136 Å². The van der Waals surface area contributed by atoms with Gasteiger partial charge in [0.2, 0.25) is 0 Å². The van der Waals surface area contributed by atoms with Gasteiger partial charge in [-0.25, -0.2) is 9.78 Å². The van der Waals surface area contributed by atoms with Crippen LogP contribution in [0.15, 0.2) is 36.7 Å². The van der Waals surface area contributed by atoms with Crippen molar-refractivity contribution in [2.45, 2.75) is 46.4 Å². The number of rotatable bonds is 5. The maximum atomic E-state index is 11.8. The summed E-state index contributed by atoms with van der Waals surface area (Å²) >= 11 is 0. The minimum atomic E-state index is -0.517. The molecule has 2 aromatic rings. The molecule has 0 aliphatic carbocycles. The van der Waals surface area contributed by atoms with Crippen molar-refractivity contribution < 1.29 is 9.53 Å². The number of amides is 1. The Hall–Kier alpha value is -2.50. The quantitative estimate of drug-likeness (QED) is 0.879. The van der Waals surface area contributed by atoms with Crippen molar-refractivity contribution in [1.29, 1.82) is 0 Å². The Morgan fingerprint density at radius 2 is 2.04 bits per heavy atom. The number of imidazole rings is 1. The number of nitrogens with one attached hydrogen (secondary N) is 2. The summed E-state index contributed by atoms with van der Waals surface area (Å²) in [6, 6.07) is 7.51. The molecule has 124 valence electrons. The third-order valence-electron chi connectivity index (χ3n) is 3.10. The monoisotopic (exact) mass is 316 g/mol. The highest BCUT2D eigenvalue weighted by atomic mass is 16.6. The van der Waals surface area contributed by atoms with Crippen molar-refractivity contribution in [3.05, 3.63) is 42.5 Å². The number of ether oxygens (including phenoxy) is 1. The zero-order chi connectivity index (χ0) is 16.9. The summed E-state index contributed by atoms with van der Waals surface area (Å²) in [4.78, 5) is 16.1. The Morgan fingerprint density at radius 3 is 2.74 bits per heavy atom. The van der Waals surface area contributed by atoms with Crippen LogP contribution in [-0.4, -0.2) is 21.2 Å². The van der Waals surface area contributed by atoms with Gasteiger partial charge in [0.25, 0.3) is 0 Å². The molecule has 0 spiro atoms. The molecule has 23 heavy (non-hydrogen) atoms. The van der Waals surface area contributed by atoms with Crippen LogP contribution < -0.4 is 10.6 Å². The van der Waals surface area contributed by atoms with E-state index in [0.717, 1.165) is 18.1 Å². The Bertz CT molecular complexity index is 659. The summed E-state index contributed by atoms with van der Waals surface area (Å²) in [5, 5.41) is 6.04. The van der Waals surface area contributed by atoms with Crippen molar-refractivity contribution in [2.24, 2.45) is 0 Å². The number of anilines is 2. The number of hydrogen-bond donors (Lipinski definition) is 2. The normalized spacial score (nSPS) is 11.1. The average molecular weight is 316 g/mol. The van der Waals surface area contributed by atoms with Gasteiger partial charge >= 0.3 is 6.09 Å². The lowest BCUT2D eigenvalue weighted by molar-refractivity contribution is 0.0636. The summed E-state index contributed by atoms with van der Waals surface area (Å²) in [5.41, 5.74) is 1.07. The molecule has 0 saturated heterocycles. The summed E-state index contributed by atoms with van der Waals surface area (Å²) < 4.78 is 7.33. The summed E-state index contributed by atoms with van der Waals surface area (Å²) in [6.07, 6.45) is 3.29. The zero-order valence-corrected chi connectivity index (χ0v) is 14.1. The van der Waals surface area contributed by atoms with E-state index in [9.17, 15) is 4.79 Å². The molecule has 6 nitrogen and oxygen atoms in total. The van der Waals surface area contributed by atoms with Crippen LogP contribution in [-0.2, 0) is 17.8 Å². The van der Waals surface area contributed by atoms with Crippen LogP contribution in [0.3, 0.4) is 0 Å². The topological polar surface area (TPSA) is 68.2 Å². The van der Waals surface area contributed by atoms with Crippen molar-refractivity contribution in [3.63, 3.8) is 0 Å².